The number of hydrogen-bond acceptors (Lipinski definition) is 5. The maximum atomic E-state index is 9.93. The Balaban J connectivity index is 1.65. The molecular formula is C20H18O5. The molecule has 0 atom stereocenters. The molecule has 3 rings (SSSR count). The predicted octanol–water partition coefficient (Wildman–Crippen LogP) is 3.96. The molecule has 3 aromatic carbocycles. The number of phenols is 3. The van der Waals surface area contributed by atoms with Crippen LogP contribution < -0.4 is 9.47 Å². The monoisotopic (exact) mass is 338 g/mol. The summed E-state index contributed by atoms with van der Waals surface area (Å²) < 4.78 is 11.3. The van der Waals surface area contributed by atoms with Crippen molar-refractivity contribution in [3.8, 4) is 28.7 Å². The van der Waals surface area contributed by atoms with Crippen molar-refractivity contribution in [2.24, 2.45) is 0 Å². The molecule has 3 aromatic rings. The molecule has 5 nitrogen and oxygen atoms in total. The lowest BCUT2D eigenvalue weighted by Crippen LogP contribution is -1.98. The standard InChI is InChI=1S/C20H18O5/c21-16-5-1-3-14(9-16)12-24-18-7-8-19(23)20(11-18)25-13-15-4-2-6-17(22)10-15/h1-11,21-23H,12-13H2. The van der Waals surface area contributed by atoms with Crippen LogP contribution in [0.3, 0.4) is 0 Å². The Morgan fingerprint density at radius 2 is 1.24 bits per heavy atom. The molecule has 0 aromatic heterocycles. The van der Waals surface area contributed by atoms with Gasteiger partial charge in [-0.05, 0) is 47.5 Å². The fourth-order valence-electron chi connectivity index (χ4n) is 2.32. The normalized spacial score (nSPS) is 10.4. The van der Waals surface area contributed by atoms with Gasteiger partial charge < -0.3 is 24.8 Å². The Morgan fingerprint density at radius 3 is 1.84 bits per heavy atom. The van der Waals surface area contributed by atoms with Gasteiger partial charge in [0.2, 0.25) is 0 Å². The Labute approximate surface area is 145 Å². The molecule has 0 fully saturated rings. The summed E-state index contributed by atoms with van der Waals surface area (Å²) in [7, 11) is 0. The Morgan fingerprint density at radius 1 is 0.640 bits per heavy atom. The highest BCUT2D eigenvalue weighted by atomic mass is 16.5. The number of aromatic hydroxyl groups is 3. The van der Waals surface area contributed by atoms with E-state index in [1.54, 1.807) is 48.5 Å². The molecule has 128 valence electrons. The highest BCUT2D eigenvalue weighted by molar-refractivity contribution is 5.45. The second-order valence-electron chi connectivity index (χ2n) is 5.55. The minimum Gasteiger partial charge on any atom is -0.508 e. The quantitative estimate of drug-likeness (QED) is 0.634. The molecule has 0 unspecified atom stereocenters. The van der Waals surface area contributed by atoms with Gasteiger partial charge in [-0.15, -0.1) is 0 Å². The van der Waals surface area contributed by atoms with Crippen LogP contribution in [0.2, 0.25) is 0 Å². The number of ether oxygens (including phenoxy) is 2. The van der Waals surface area contributed by atoms with Crippen LogP contribution >= 0.6 is 0 Å². The Kier molecular flexibility index (Phi) is 4.95. The maximum Gasteiger partial charge on any atom is 0.165 e. The van der Waals surface area contributed by atoms with Crippen LogP contribution in [-0.4, -0.2) is 15.3 Å². The molecule has 0 radical (unpaired) electrons. The van der Waals surface area contributed by atoms with Gasteiger partial charge in [-0.1, -0.05) is 24.3 Å². The molecule has 0 aliphatic carbocycles. The summed E-state index contributed by atoms with van der Waals surface area (Å²) in [6.45, 7) is 0.489. The van der Waals surface area contributed by atoms with E-state index in [2.05, 4.69) is 0 Å². The van der Waals surface area contributed by atoms with Gasteiger partial charge in [-0.2, -0.15) is 0 Å². The number of rotatable bonds is 6. The van der Waals surface area contributed by atoms with Crippen LogP contribution in [0.25, 0.3) is 0 Å². The van der Waals surface area contributed by atoms with Gasteiger partial charge in [0.15, 0.2) is 11.5 Å². The summed E-state index contributed by atoms with van der Waals surface area (Å²) in [4.78, 5) is 0. The van der Waals surface area contributed by atoms with Gasteiger partial charge >= 0.3 is 0 Å². The average molecular weight is 338 g/mol. The average Bonchev–Trinajstić information content (AvgIpc) is 2.60. The lowest BCUT2D eigenvalue weighted by molar-refractivity contribution is 0.277. The van der Waals surface area contributed by atoms with Crippen molar-refractivity contribution in [2.45, 2.75) is 13.2 Å². The molecule has 0 bridgehead atoms. The summed E-state index contributed by atoms with van der Waals surface area (Å²) in [5.74, 6) is 1.17. The molecule has 0 amide bonds. The second kappa shape index (κ2) is 7.49. The van der Waals surface area contributed by atoms with Crippen LogP contribution in [-0.2, 0) is 13.2 Å². The van der Waals surface area contributed by atoms with E-state index in [4.69, 9.17) is 9.47 Å². The van der Waals surface area contributed by atoms with Gasteiger partial charge in [0, 0.05) is 6.07 Å². The lowest BCUT2D eigenvalue weighted by Gasteiger charge is -2.11. The van der Waals surface area contributed by atoms with Crippen molar-refractivity contribution in [2.75, 3.05) is 0 Å². The molecule has 0 spiro atoms. The van der Waals surface area contributed by atoms with E-state index < -0.39 is 0 Å². The summed E-state index contributed by atoms with van der Waals surface area (Å²) in [5.41, 5.74) is 1.61. The van der Waals surface area contributed by atoms with E-state index in [0.717, 1.165) is 11.1 Å². The molecule has 5 heteroatoms. The van der Waals surface area contributed by atoms with Gasteiger partial charge in [-0.25, -0.2) is 0 Å². The summed E-state index contributed by atoms with van der Waals surface area (Å²) in [6.07, 6.45) is 0. The smallest absolute Gasteiger partial charge is 0.165 e. The van der Waals surface area contributed by atoms with Crippen LogP contribution in [0.4, 0.5) is 0 Å². The van der Waals surface area contributed by atoms with Gasteiger partial charge in [-0.3, -0.25) is 0 Å². The zero-order valence-electron chi connectivity index (χ0n) is 13.4. The fourth-order valence-corrected chi connectivity index (χ4v) is 2.32. The number of phenolic OH excluding ortho intramolecular Hbond substituents is 3. The van der Waals surface area contributed by atoms with E-state index >= 15 is 0 Å². The molecule has 0 heterocycles. The molecule has 25 heavy (non-hydrogen) atoms. The predicted molar refractivity (Wildman–Crippen MR) is 93.0 cm³/mol. The molecule has 0 aliphatic heterocycles. The minimum atomic E-state index is 0.00450. The molecular weight excluding hydrogens is 320 g/mol. The molecule has 3 N–H and O–H groups in total. The summed E-state index contributed by atoms with van der Waals surface area (Å²) >= 11 is 0. The van der Waals surface area contributed by atoms with E-state index in [9.17, 15) is 15.3 Å². The third kappa shape index (κ3) is 4.57. The van der Waals surface area contributed by atoms with Crippen LogP contribution in [0.15, 0.2) is 66.7 Å². The van der Waals surface area contributed by atoms with Crippen LogP contribution in [0.5, 0.6) is 28.7 Å². The van der Waals surface area contributed by atoms with Crippen LogP contribution in [0, 0.1) is 0 Å². The third-order valence-electron chi connectivity index (χ3n) is 3.55. The second-order valence-corrected chi connectivity index (χ2v) is 5.55. The molecule has 0 aliphatic rings. The fraction of sp³-hybridized carbons (Fsp3) is 0.100. The Hall–Kier alpha value is -3.34. The van der Waals surface area contributed by atoms with Crippen LogP contribution in [0.1, 0.15) is 11.1 Å². The first-order valence-corrected chi connectivity index (χ1v) is 7.74. The first-order valence-electron chi connectivity index (χ1n) is 7.74. The lowest BCUT2D eigenvalue weighted by atomic mass is 10.2. The first-order chi connectivity index (χ1) is 12.1. The SMILES string of the molecule is Oc1cccc(COc2ccc(O)c(OCc3cccc(O)c3)c2)c1. The highest BCUT2D eigenvalue weighted by Gasteiger charge is 2.06. The van der Waals surface area contributed by atoms with E-state index in [-0.39, 0.29) is 36.2 Å². The highest BCUT2D eigenvalue weighted by Crippen LogP contribution is 2.31. The number of hydrogen-bond donors (Lipinski definition) is 3. The minimum absolute atomic E-state index is 0.00450. The maximum absolute atomic E-state index is 9.93. The van der Waals surface area contributed by atoms with Gasteiger partial charge in [0.25, 0.3) is 0 Å². The Bertz CT molecular complexity index is 860. The van der Waals surface area contributed by atoms with Crippen molar-refractivity contribution in [1.82, 2.24) is 0 Å². The van der Waals surface area contributed by atoms with E-state index in [1.165, 1.54) is 6.07 Å². The van der Waals surface area contributed by atoms with E-state index in [0.29, 0.717) is 5.75 Å². The first kappa shape index (κ1) is 16.5. The topological polar surface area (TPSA) is 79.2 Å². The zero-order valence-corrected chi connectivity index (χ0v) is 13.4. The zero-order chi connectivity index (χ0) is 17.6. The van der Waals surface area contributed by atoms with Crippen molar-refractivity contribution in [3.05, 3.63) is 77.9 Å². The largest absolute Gasteiger partial charge is 0.508 e. The van der Waals surface area contributed by atoms with Crippen molar-refractivity contribution in [3.63, 3.8) is 0 Å². The molecule has 0 saturated heterocycles. The molecule has 0 saturated carbocycles. The van der Waals surface area contributed by atoms with Gasteiger partial charge in [0.1, 0.15) is 30.5 Å². The van der Waals surface area contributed by atoms with Crippen molar-refractivity contribution < 1.29 is 24.8 Å². The van der Waals surface area contributed by atoms with E-state index in [1.807, 2.05) is 12.1 Å². The third-order valence-corrected chi connectivity index (χ3v) is 3.55. The van der Waals surface area contributed by atoms with Gasteiger partial charge in [0.05, 0.1) is 0 Å². The summed E-state index contributed by atoms with van der Waals surface area (Å²) in [5, 5.41) is 28.9. The van der Waals surface area contributed by atoms with Crippen molar-refractivity contribution >= 4 is 0 Å². The van der Waals surface area contributed by atoms with Crippen molar-refractivity contribution in [1.29, 1.82) is 0 Å². The summed E-state index contributed by atoms with van der Waals surface area (Å²) in [6, 6.07) is 18.3. The number of benzene rings is 3.